The molecule has 2 aromatic rings. The zero-order valence-corrected chi connectivity index (χ0v) is 14.6. The summed E-state index contributed by atoms with van der Waals surface area (Å²) >= 11 is 0. The van der Waals surface area contributed by atoms with Crippen LogP contribution in [0.5, 0.6) is 5.75 Å². The molecule has 5 nitrogen and oxygen atoms in total. The van der Waals surface area contributed by atoms with Gasteiger partial charge in [-0.2, -0.15) is 5.10 Å². The monoisotopic (exact) mass is 326 g/mol. The molecule has 1 aliphatic heterocycles. The van der Waals surface area contributed by atoms with E-state index in [9.17, 15) is 0 Å². The van der Waals surface area contributed by atoms with Gasteiger partial charge in [-0.3, -0.25) is 4.90 Å². The van der Waals surface area contributed by atoms with Gasteiger partial charge in [-0.15, -0.1) is 0 Å². The summed E-state index contributed by atoms with van der Waals surface area (Å²) in [6.45, 7) is 11.2. The van der Waals surface area contributed by atoms with Gasteiger partial charge >= 0.3 is 0 Å². The average Bonchev–Trinajstić information content (AvgIpc) is 2.82. The van der Waals surface area contributed by atoms with E-state index in [-0.39, 0.29) is 0 Å². The van der Waals surface area contributed by atoms with Gasteiger partial charge in [-0.25, -0.2) is 4.68 Å². The summed E-state index contributed by atoms with van der Waals surface area (Å²) in [7, 11) is 1.70. The molecule has 1 aliphatic rings. The average molecular weight is 326 g/mol. The first-order valence-electron chi connectivity index (χ1n) is 8.48. The van der Waals surface area contributed by atoms with Crippen LogP contribution in [0.4, 0.5) is 5.69 Å². The van der Waals surface area contributed by atoms with Crippen molar-refractivity contribution in [3.05, 3.63) is 48.3 Å². The normalized spacial score (nSPS) is 16.0. The summed E-state index contributed by atoms with van der Waals surface area (Å²) in [6.07, 6.45) is 4.89. The molecule has 128 valence electrons. The molecule has 0 saturated carbocycles. The van der Waals surface area contributed by atoms with Crippen molar-refractivity contribution < 1.29 is 4.74 Å². The standard InChI is InChI=1S/C19H26N4O/c1-4-23-16(2)17(14-20-23)15-21-10-5-11-22(13-12-21)18-6-8-19(24-3)9-7-18/h4,6-9,14H,1,5,10-13,15H2,2-3H3. The largest absolute Gasteiger partial charge is 0.497 e. The lowest BCUT2D eigenvalue weighted by atomic mass is 10.2. The Kier molecular flexibility index (Phi) is 5.20. The molecule has 0 N–H and O–H groups in total. The molecular weight excluding hydrogens is 300 g/mol. The van der Waals surface area contributed by atoms with Crippen LogP contribution in [0.1, 0.15) is 17.7 Å². The molecule has 0 bridgehead atoms. The fourth-order valence-corrected chi connectivity index (χ4v) is 3.22. The quantitative estimate of drug-likeness (QED) is 0.846. The zero-order valence-electron chi connectivity index (χ0n) is 14.6. The summed E-state index contributed by atoms with van der Waals surface area (Å²) in [5.74, 6) is 0.907. The van der Waals surface area contributed by atoms with E-state index in [0.717, 1.165) is 38.5 Å². The van der Waals surface area contributed by atoms with E-state index >= 15 is 0 Å². The van der Waals surface area contributed by atoms with Crippen LogP contribution in [-0.2, 0) is 6.54 Å². The van der Waals surface area contributed by atoms with Crippen LogP contribution in [0, 0.1) is 6.92 Å². The predicted molar refractivity (Wildman–Crippen MR) is 98.5 cm³/mol. The highest BCUT2D eigenvalue weighted by atomic mass is 16.5. The second kappa shape index (κ2) is 7.53. The van der Waals surface area contributed by atoms with Crippen molar-refractivity contribution in [3.63, 3.8) is 0 Å². The number of benzene rings is 1. The van der Waals surface area contributed by atoms with Crippen LogP contribution >= 0.6 is 0 Å². The van der Waals surface area contributed by atoms with Gasteiger partial charge in [0.15, 0.2) is 0 Å². The van der Waals surface area contributed by atoms with Crippen molar-refractivity contribution in [2.24, 2.45) is 0 Å². The summed E-state index contributed by atoms with van der Waals surface area (Å²) in [4.78, 5) is 4.97. The smallest absolute Gasteiger partial charge is 0.119 e. The summed E-state index contributed by atoms with van der Waals surface area (Å²) in [5.41, 5.74) is 3.74. The van der Waals surface area contributed by atoms with Gasteiger partial charge in [0.05, 0.1) is 13.3 Å². The summed E-state index contributed by atoms with van der Waals surface area (Å²) in [6, 6.07) is 8.36. The molecule has 1 saturated heterocycles. The van der Waals surface area contributed by atoms with Gasteiger partial charge < -0.3 is 9.64 Å². The van der Waals surface area contributed by atoms with E-state index in [1.165, 1.54) is 23.4 Å². The Morgan fingerprint density at radius 1 is 1.17 bits per heavy atom. The number of nitrogens with zero attached hydrogens (tertiary/aromatic N) is 4. The van der Waals surface area contributed by atoms with Crippen LogP contribution in [0.25, 0.3) is 6.20 Å². The number of rotatable bonds is 5. The predicted octanol–water partition coefficient (Wildman–Crippen LogP) is 3.01. The Morgan fingerprint density at radius 2 is 1.96 bits per heavy atom. The van der Waals surface area contributed by atoms with Crippen molar-refractivity contribution in [1.82, 2.24) is 14.7 Å². The Morgan fingerprint density at radius 3 is 2.62 bits per heavy atom. The molecule has 1 fully saturated rings. The van der Waals surface area contributed by atoms with E-state index < -0.39 is 0 Å². The maximum atomic E-state index is 5.25. The van der Waals surface area contributed by atoms with Crippen molar-refractivity contribution in [2.75, 3.05) is 38.2 Å². The van der Waals surface area contributed by atoms with Crippen LogP contribution < -0.4 is 9.64 Å². The summed E-state index contributed by atoms with van der Waals surface area (Å²) in [5, 5.41) is 4.35. The second-order valence-electron chi connectivity index (χ2n) is 6.20. The van der Waals surface area contributed by atoms with Crippen molar-refractivity contribution in [2.45, 2.75) is 19.9 Å². The Labute approximate surface area is 144 Å². The van der Waals surface area contributed by atoms with E-state index in [1.54, 1.807) is 13.3 Å². The third kappa shape index (κ3) is 3.62. The molecule has 0 amide bonds. The zero-order chi connectivity index (χ0) is 16.9. The van der Waals surface area contributed by atoms with Gasteiger partial charge in [0.2, 0.25) is 0 Å². The summed E-state index contributed by atoms with van der Waals surface area (Å²) < 4.78 is 7.09. The molecule has 0 spiro atoms. The Hall–Kier alpha value is -2.27. The highest BCUT2D eigenvalue weighted by Gasteiger charge is 2.17. The second-order valence-corrected chi connectivity index (χ2v) is 6.20. The molecule has 24 heavy (non-hydrogen) atoms. The lowest BCUT2D eigenvalue weighted by Crippen LogP contribution is -2.30. The number of hydrogen-bond acceptors (Lipinski definition) is 4. The fraction of sp³-hybridized carbons (Fsp3) is 0.421. The first-order chi connectivity index (χ1) is 11.7. The molecule has 1 aromatic heterocycles. The van der Waals surface area contributed by atoms with Crippen LogP contribution in [0.2, 0.25) is 0 Å². The minimum Gasteiger partial charge on any atom is -0.497 e. The van der Waals surface area contributed by atoms with Crippen molar-refractivity contribution in [1.29, 1.82) is 0 Å². The van der Waals surface area contributed by atoms with Crippen LogP contribution in [0.15, 0.2) is 37.0 Å². The maximum Gasteiger partial charge on any atom is 0.119 e. The number of anilines is 1. The molecular formula is C19H26N4O. The van der Waals surface area contributed by atoms with E-state index in [2.05, 4.69) is 40.5 Å². The number of methoxy groups -OCH3 is 1. The van der Waals surface area contributed by atoms with Crippen molar-refractivity contribution >= 4 is 11.9 Å². The fourth-order valence-electron chi connectivity index (χ4n) is 3.22. The number of ether oxygens (including phenoxy) is 1. The third-order valence-electron chi connectivity index (χ3n) is 4.74. The van der Waals surface area contributed by atoms with Crippen LogP contribution in [0.3, 0.4) is 0 Å². The highest BCUT2D eigenvalue weighted by Crippen LogP contribution is 2.21. The first kappa shape index (κ1) is 16.6. The molecule has 5 heteroatoms. The lowest BCUT2D eigenvalue weighted by Gasteiger charge is -2.23. The Bertz CT molecular complexity index is 677. The molecule has 0 radical (unpaired) electrons. The minimum atomic E-state index is 0.907. The molecule has 0 unspecified atom stereocenters. The number of hydrogen-bond donors (Lipinski definition) is 0. The SMILES string of the molecule is C=Cn1ncc(CN2CCCN(c3ccc(OC)cc3)CC2)c1C. The topological polar surface area (TPSA) is 33.5 Å². The van der Waals surface area contributed by atoms with Gasteiger partial charge in [-0.1, -0.05) is 6.58 Å². The van der Waals surface area contributed by atoms with Gasteiger partial charge in [0.25, 0.3) is 0 Å². The third-order valence-corrected chi connectivity index (χ3v) is 4.74. The Balaban J connectivity index is 1.61. The molecule has 1 aromatic carbocycles. The van der Waals surface area contributed by atoms with E-state index in [0.29, 0.717) is 0 Å². The van der Waals surface area contributed by atoms with Crippen molar-refractivity contribution in [3.8, 4) is 5.75 Å². The first-order valence-corrected chi connectivity index (χ1v) is 8.48. The van der Waals surface area contributed by atoms with Gasteiger partial charge in [0, 0.05) is 55.9 Å². The van der Waals surface area contributed by atoms with Crippen LogP contribution in [-0.4, -0.2) is 48.0 Å². The van der Waals surface area contributed by atoms with Gasteiger partial charge in [0.1, 0.15) is 5.75 Å². The highest BCUT2D eigenvalue weighted by molar-refractivity contribution is 5.49. The maximum absolute atomic E-state index is 5.25. The van der Waals surface area contributed by atoms with E-state index in [4.69, 9.17) is 4.74 Å². The lowest BCUT2D eigenvalue weighted by molar-refractivity contribution is 0.285. The molecule has 0 aliphatic carbocycles. The molecule has 3 rings (SSSR count). The van der Waals surface area contributed by atoms with E-state index in [1.807, 2.05) is 23.0 Å². The minimum absolute atomic E-state index is 0.907. The molecule has 0 atom stereocenters. The number of aromatic nitrogens is 2. The molecule has 2 heterocycles. The van der Waals surface area contributed by atoms with Gasteiger partial charge in [-0.05, 0) is 37.6 Å².